The number of hydrogen-bond donors (Lipinski definition) is 3. The predicted octanol–water partition coefficient (Wildman–Crippen LogP) is 4.29. The number of carbonyl (C=O) groups excluding carboxylic acids is 4. The van der Waals surface area contributed by atoms with Crippen molar-refractivity contribution >= 4 is 24.1 Å². The quantitative estimate of drug-likeness (QED) is 0.0721. The molecule has 2 aromatic rings. The van der Waals surface area contributed by atoms with Crippen molar-refractivity contribution < 1.29 is 52.3 Å². The van der Waals surface area contributed by atoms with E-state index in [9.17, 15) is 19.2 Å². The SMILES string of the molecule is CC(C)(C)OC(=O)CCOCCOCCOCCOCCNC(=O)[C@H](CCCCNC(=O)OCc1ccccc1)NC(=O)OCc1ccccc1. The number of ether oxygens (including phenoxy) is 7. The van der Waals surface area contributed by atoms with Crippen LogP contribution in [0.2, 0.25) is 0 Å². The standard InChI is InChI=1S/C37H55N3O11/c1-37(2,3)51-33(41)17-20-45-22-24-47-26-27-48-25-23-46-21-19-38-34(42)32(40-36(44)50-29-31-14-8-5-9-15-31)16-10-11-18-39-35(43)49-28-30-12-6-4-7-13-30/h4-9,12-15,32H,10-11,16-29H2,1-3H3,(H,38,42)(H,39,43)(H,40,44)/t32-/m0/s1. The van der Waals surface area contributed by atoms with Crippen molar-refractivity contribution in [3.63, 3.8) is 0 Å². The summed E-state index contributed by atoms with van der Waals surface area (Å²) < 4.78 is 37.6. The maximum absolute atomic E-state index is 12.9. The van der Waals surface area contributed by atoms with E-state index in [0.717, 1.165) is 11.1 Å². The summed E-state index contributed by atoms with van der Waals surface area (Å²) in [5, 5.41) is 8.14. The van der Waals surface area contributed by atoms with Gasteiger partial charge in [-0.2, -0.15) is 0 Å². The number of esters is 1. The zero-order valence-corrected chi connectivity index (χ0v) is 30.2. The van der Waals surface area contributed by atoms with Gasteiger partial charge in [0.25, 0.3) is 0 Å². The van der Waals surface area contributed by atoms with E-state index in [0.29, 0.717) is 65.4 Å². The molecule has 14 nitrogen and oxygen atoms in total. The summed E-state index contributed by atoms with van der Waals surface area (Å²) >= 11 is 0. The van der Waals surface area contributed by atoms with E-state index >= 15 is 0 Å². The third-order valence-corrected chi connectivity index (χ3v) is 6.76. The molecule has 0 bridgehead atoms. The van der Waals surface area contributed by atoms with E-state index < -0.39 is 23.8 Å². The van der Waals surface area contributed by atoms with Gasteiger partial charge in [0.2, 0.25) is 5.91 Å². The van der Waals surface area contributed by atoms with Gasteiger partial charge in [-0.3, -0.25) is 9.59 Å². The molecule has 0 fully saturated rings. The van der Waals surface area contributed by atoms with Crippen LogP contribution in [0.15, 0.2) is 60.7 Å². The third kappa shape index (κ3) is 23.7. The first-order valence-corrected chi connectivity index (χ1v) is 17.3. The van der Waals surface area contributed by atoms with Crippen molar-refractivity contribution in [2.24, 2.45) is 0 Å². The Labute approximate surface area is 301 Å². The van der Waals surface area contributed by atoms with Gasteiger partial charge in [-0.05, 0) is 51.2 Å². The fraction of sp³-hybridized carbons (Fsp3) is 0.568. The number of carbonyl (C=O) groups is 4. The molecular formula is C37H55N3O11. The summed E-state index contributed by atoms with van der Waals surface area (Å²) in [6.45, 7) is 9.05. The Kier molecular flexibility index (Phi) is 22.3. The second kappa shape index (κ2) is 26.6. The van der Waals surface area contributed by atoms with Crippen LogP contribution in [0.5, 0.6) is 0 Å². The fourth-order valence-corrected chi connectivity index (χ4v) is 4.29. The lowest BCUT2D eigenvalue weighted by atomic mass is 10.1. The molecule has 0 aliphatic heterocycles. The van der Waals surface area contributed by atoms with Gasteiger partial charge in [0.05, 0.1) is 59.3 Å². The average molecular weight is 718 g/mol. The van der Waals surface area contributed by atoms with E-state index in [2.05, 4.69) is 16.0 Å². The largest absolute Gasteiger partial charge is 0.460 e. The van der Waals surface area contributed by atoms with Crippen molar-refractivity contribution in [3.8, 4) is 0 Å². The minimum atomic E-state index is -0.836. The summed E-state index contributed by atoms with van der Waals surface area (Å²) in [7, 11) is 0. The second-order valence-electron chi connectivity index (χ2n) is 12.3. The number of amides is 3. The van der Waals surface area contributed by atoms with Gasteiger partial charge >= 0.3 is 18.2 Å². The maximum Gasteiger partial charge on any atom is 0.408 e. The van der Waals surface area contributed by atoms with Gasteiger partial charge in [-0.15, -0.1) is 0 Å². The summed E-state index contributed by atoms with van der Waals surface area (Å²) in [6.07, 6.45) is 0.425. The third-order valence-electron chi connectivity index (χ3n) is 6.76. The molecule has 0 radical (unpaired) electrons. The lowest BCUT2D eigenvalue weighted by molar-refractivity contribution is -0.156. The van der Waals surface area contributed by atoms with Crippen LogP contribution in [0.25, 0.3) is 0 Å². The molecule has 0 aliphatic carbocycles. The first-order valence-electron chi connectivity index (χ1n) is 17.3. The molecule has 0 aromatic heterocycles. The van der Waals surface area contributed by atoms with Gasteiger partial charge in [0.15, 0.2) is 0 Å². The predicted molar refractivity (Wildman–Crippen MR) is 189 cm³/mol. The number of benzene rings is 2. The Morgan fingerprint density at radius 2 is 1.12 bits per heavy atom. The van der Waals surface area contributed by atoms with Crippen molar-refractivity contribution in [1.82, 2.24) is 16.0 Å². The van der Waals surface area contributed by atoms with Crippen LogP contribution in [0, 0.1) is 0 Å². The molecule has 3 N–H and O–H groups in total. The van der Waals surface area contributed by atoms with Crippen molar-refractivity contribution in [3.05, 3.63) is 71.8 Å². The van der Waals surface area contributed by atoms with Crippen LogP contribution in [0.4, 0.5) is 9.59 Å². The van der Waals surface area contributed by atoms with E-state index in [1.807, 2.05) is 81.4 Å². The van der Waals surface area contributed by atoms with Crippen molar-refractivity contribution in [1.29, 1.82) is 0 Å². The second-order valence-corrected chi connectivity index (χ2v) is 12.3. The van der Waals surface area contributed by atoms with Gasteiger partial charge in [-0.1, -0.05) is 60.7 Å². The average Bonchev–Trinajstić information content (AvgIpc) is 3.10. The Balaban J connectivity index is 1.56. The Hall–Kier alpha value is -4.24. The lowest BCUT2D eigenvalue weighted by Gasteiger charge is -2.19. The molecule has 14 heteroatoms. The molecular weight excluding hydrogens is 662 g/mol. The van der Waals surface area contributed by atoms with Gasteiger partial charge in [0, 0.05) is 13.1 Å². The number of hydrogen-bond acceptors (Lipinski definition) is 11. The number of alkyl carbamates (subject to hydrolysis) is 2. The Morgan fingerprint density at radius 3 is 1.67 bits per heavy atom. The number of nitrogens with one attached hydrogen (secondary N) is 3. The van der Waals surface area contributed by atoms with E-state index in [1.165, 1.54) is 0 Å². The molecule has 0 aliphatic rings. The summed E-state index contributed by atoms with van der Waals surface area (Å²) in [5.74, 6) is -0.663. The number of rotatable bonds is 26. The smallest absolute Gasteiger partial charge is 0.408 e. The topological polar surface area (TPSA) is 169 Å². The first-order chi connectivity index (χ1) is 24.6. The highest BCUT2D eigenvalue weighted by molar-refractivity contribution is 5.85. The molecule has 284 valence electrons. The van der Waals surface area contributed by atoms with Gasteiger partial charge in [-0.25, -0.2) is 9.59 Å². The van der Waals surface area contributed by atoms with Crippen LogP contribution < -0.4 is 16.0 Å². The minimum Gasteiger partial charge on any atom is -0.460 e. The summed E-state index contributed by atoms with van der Waals surface area (Å²) in [4.78, 5) is 49.1. The normalized spacial score (nSPS) is 11.7. The van der Waals surface area contributed by atoms with Crippen LogP contribution in [-0.2, 0) is 56.0 Å². The van der Waals surface area contributed by atoms with E-state index in [1.54, 1.807) is 0 Å². The molecule has 51 heavy (non-hydrogen) atoms. The highest BCUT2D eigenvalue weighted by Crippen LogP contribution is 2.08. The van der Waals surface area contributed by atoms with Crippen LogP contribution in [0.1, 0.15) is 57.6 Å². The van der Waals surface area contributed by atoms with Crippen LogP contribution in [-0.4, -0.2) is 102 Å². The molecule has 1 atom stereocenters. The van der Waals surface area contributed by atoms with Crippen LogP contribution >= 0.6 is 0 Å². The highest BCUT2D eigenvalue weighted by atomic mass is 16.6. The minimum absolute atomic E-state index is 0.0733. The molecule has 2 aromatic carbocycles. The van der Waals surface area contributed by atoms with Gasteiger partial charge < -0.3 is 49.1 Å². The molecule has 2 rings (SSSR count). The zero-order chi connectivity index (χ0) is 37.0. The maximum atomic E-state index is 12.9. The van der Waals surface area contributed by atoms with Crippen molar-refractivity contribution in [2.45, 2.75) is 71.3 Å². The fourth-order valence-electron chi connectivity index (χ4n) is 4.29. The van der Waals surface area contributed by atoms with Crippen molar-refractivity contribution in [2.75, 3.05) is 65.9 Å². The Bertz CT molecular complexity index is 1240. The highest BCUT2D eigenvalue weighted by Gasteiger charge is 2.21. The molecule has 0 spiro atoms. The van der Waals surface area contributed by atoms with Crippen LogP contribution in [0.3, 0.4) is 0 Å². The molecule has 0 saturated carbocycles. The first kappa shape index (κ1) is 42.9. The Morgan fingerprint density at radius 1 is 0.608 bits per heavy atom. The summed E-state index contributed by atoms with van der Waals surface area (Å²) in [6, 6.07) is 17.8. The monoisotopic (exact) mass is 717 g/mol. The van der Waals surface area contributed by atoms with E-state index in [-0.39, 0.29) is 51.3 Å². The number of unbranched alkanes of at least 4 members (excludes halogenated alkanes) is 1. The van der Waals surface area contributed by atoms with E-state index in [4.69, 9.17) is 33.2 Å². The molecule has 0 unspecified atom stereocenters. The lowest BCUT2D eigenvalue weighted by Crippen LogP contribution is -2.47. The zero-order valence-electron chi connectivity index (χ0n) is 30.2. The molecule has 0 saturated heterocycles. The molecule has 0 heterocycles. The van der Waals surface area contributed by atoms with Gasteiger partial charge in [0.1, 0.15) is 24.9 Å². The molecule has 3 amide bonds. The summed E-state index contributed by atoms with van der Waals surface area (Å²) in [5.41, 5.74) is 1.21.